The van der Waals surface area contributed by atoms with Crippen LogP contribution < -0.4 is 11.2 Å². The monoisotopic (exact) mass is 385 g/mol. The minimum atomic E-state index is -0.524. The predicted molar refractivity (Wildman–Crippen MR) is 107 cm³/mol. The molecule has 2 N–H and O–H groups in total. The smallest absolute Gasteiger partial charge is 0.311 e. The second kappa shape index (κ2) is 7.96. The summed E-state index contributed by atoms with van der Waals surface area (Å²) < 4.78 is 2.03. The highest BCUT2D eigenvalue weighted by molar-refractivity contribution is 7.99. The average molecular weight is 385 g/mol. The summed E-state index contributed by atoms with van der Waals surface area (Å²) in [5, 5.41) is 9.95. The van der Waals surface area contributed by atoms with Crippen LogP contribution in [0.5, 0.6) is 0 Å². The highest BCUT2D eigenvalue weighted by Crippen LogP contribution is 2.29. The van der Waals surface area contributed by atoms with Crippen molar-refractivity contribution < 1.29 is 0 Å². The van der Waals surface area contributed by atoms with Crippen molar-refractivity contribution in [1.82, 2.24) is 24.7 Å². The maximum Gasteiger partial charge on any atom is 0.325 e. The second-order valence-corrected chi connectivity index (χ2v) is 8.06. The first-order valence-electron chi connectivity index (χ1n) is 8.88. The molecular weight excluding hydrogens is 362 g/mol. The highest BCUT2D eigenvalue weighted by atomic mass is 32.2. The van der Waals surface area contributed by atoms with E-state index in [2.05, 4.69) is 52.2 Å². The zero-order valence-electron chi connectivity index (χ0n) is 15.9. The third-order valence-electron chi connectivity index (χ3n) is 4.35. The third-order valence-corrected chi connectivity index (χ3v) is 5.56. The first-order chi connectivity index (χ1) is 12.9. The van der Waals surface area contributed by atoms with E-state index in [9.17, 15) is 9.59 Å². The van der Waals surface area contributed by atoms with Crippen LogP contribution in [0.1, 0.15) is 42.9 Å². The van der Waals surface area contributed by atoms with Gasteiger partial charge in [0.25, 0.3) is 5.56 Å². The molecule has 0 fully saturated rings. The van der Waals surface area contributed by atoms with Crippen LogP contribution in [0.4, 0.5) is 0 Å². The molecule has 0 radical (unpaired) electrons. The molecule has 7 nitrogen and oxygen atoms in total. The molecule has 142 valence electrons. The van der Waals surface area contributed by atoms with E-state index in [-0.39, 0.29) is 0 Å². The van der Waals surface area contributed by atoms with Crippen molar-refractivity contribution in [3.8, 4) is 5.69 Å². The SMILES string of the molecule is CC[C@H](C)Sc1nnc(Cc2cc(=O)[nH]c(=O)[nH]2)n1-c1cc(C)ccc1C. The minimum absolute atomic E-state index is 0.306. The summed E-state index contributed by atoms with van der Waals surface area (Å²) in [4.78, 5) is 28.1. The van der Waals surface area contributed by atoms with E-state index < -0.39 is 11.2 Å². The van der Waals surface area contributed by atoms with Gasteiger partial charge in [-0.05, 0) is 37.5 Å². The zero-order chi connectivity index (χ0) is 19.6. The van der Waals surface area contributed by atoms with Crippen LogP contribution in [-0.2, 0) is 6.42 Å². The summed E-state index contributed by atoms with van der Waals surface area (Å²) in [6.45, 7) is 8.38. The van der Waals surface area contributed by atoms with Gasteiger partial charge in [0.15, 0.2) is 5.16 Å². The van der Waals surface area contributed by atoms with Crippen LogP contribution >= 0.6 is 11.8 Å². The Labute approximate surface area is 161 Å². The van der Waals surface area contributed by atoms with Gasteiger partial charge in [-0.2, -0.15) is 0 Å². The third kappa shape index (κ3) is 4.39. The molecule has 0 aliphatic carbocycles. The number of hydrogen-bond donors (Lipinski definition) is 2. The van der Waals surface area contributed by atoms with Gasteiger partial charge in [0.05, 0.1) is 5.69 Å². The van der Waals surface area contributed by atoms with Gasteiger partial charge >= 0.3 is 5.69 Å². The van der Waals surface area contributed by atoms with E-state index in [1.807, 2.05) is 18.4 Å². The molecular formula is C19H23N5O2S. The average Bonchev–Trinajstić information content (AvgIpc) is 2.98. The summed E-state index contributed by atoms with van der Waals surface area (Å²) in [6, 6.07) is 7.62. The van der Waals surface area contributed by atoms with Crippen molar-refractivity contribution >= 4 is 11.8 Å². The Bertz CT molecular complexity index is 1040. The maximum absolute atomic E-state index is 11.6. The molecule has 0 aliphatic heterocycles. The molecule has 8 heteroatoms. The van der Waals surface area contributed by atoms with Crippen LogP contribution in [0.25, 0.3) is 5.69 Å². The fourth-order valence-corrected chi connectivity index (χ4v) is 3.67. The summed E-state index contributed by atoms with van der Waals surface area (Å²) in [5.41, 5.74) is 2.80. The Hall–Kier alpha value is -2.61. The van der Waals surface area contributed by atoms with Crippen molar-refractivity contribution in [2.24, 2.45) is 0 Å². The van der Waals surface area contributed by atoms with Crippen molar-refractivity contribution in [2.75, 3.05) is 0 Å². The van der Waals surface area contributed by atoms with E-state index in [0.717, 1.165) is 28.4 Å². The number of nitrogens with zero attached hydrogens (tertiary/aromatic N) is 3. The Morgan fingerprint density at radius 3 is 2.63 bits per heavy atom. The van der Waals surface area contributed by atoms with E-state index in [4.69, 9.17) is 0 Å². The fraction of sp³-hybridized carbons (Fsp3) is 0.368. The lowest BCUT2D eigenvalue weighted by Gasteiger charge is -2.15. The quantitative estimate of drug-likeness (QED) is 0.636. The number of nitrogens with one attached hydrogen (secondary N) is 2. The Morgan fingerprint density at radius 1 is 1.15 bits per heavy atom. The number of thioether (sulfide) groups is 1. The van der Waals surface area contributed by atoms with Crippen LogP contribution in [0.2, 0.25) is 0 Å². The number of aromatic amines is 2. The Kier molecular flexibility index (Phi) is 5.65. The van der Waals surface area contributed by atoms with E-state index >= 15 is 0 Å². The summed E-state index contributed by atoms with van der Waals surface area (Å²) >= 11 is 1.67. The van der Waals surface area contributed by atoms with Crippen molar-refractivity contribution in [1.29, 1.82) is 0 Å². The molecule has 1 atom stereocenters. The van der Waals surface area contributed by atoms with Crippen LogP contribution in [-0.4, -0.2) is 30.0 Å². The molecule has 0 unspecified atom stereocenters. The molecule has 27 heavy (non-hydrogen) atoms. The topological polar surface area (TPSA) is 96.4 Å². The predicted octanol–water partition coefficient (Wildman–Crippen LogP) is 2.74. The van der Waals surface area contributed by atoms with Crippen LogP contribution in [0, 0.1) is 13.8 Å². The van der Waals surface area contributed by atoms with Gasteiger partial charge in [-0.25, -0.2) is 4.79 Å². The van der Waals surface area contributed by atoms with Crippen molar-refractivity contribution in [3.63, 3.8) is 0 Å². The minimum Gasteiger partial charge on any atom is -0.311 e. The molecule has 0 aliphatic rings. The van der Waals surface area contributed by atoms with Crippen LogP contribution in [0.15, 0.2) is 39.0 Å². The molecule has 0 saturated carbocycles. The van der Waals surface area contributed by atoms with Gasteiger partial charge in [-0.3, -0.25) is 14.3 Å². The first-order valence-corrected chi connectivity index (χ1v) is 9.76. The number of hydrogen-bond acceptors (Lipinski definition) is 5. The molecule has 0 bridgehead atoms. The standard InChI is InChI=1S/C19H23N5O2S/c1-5-13(4)27-19-23-22-16(9-14-10-17(25)21-18(26)20-14)24(19)15-8-11(2)6-7-12(15)3/h6-8,10,13H,5,9H2,1-4H3,(H2,20,21,25,26)/t13-/m0/s1. The Balaban J connectivity index is 2.12. The van der Waals surface area contributed by atoms with Gasteiger partial charge in [-0.1, -0.05) is 37.7 Å². The number of aromatic nitrogens is 5. The molecule has 1 aromatic carbocycles. The normalized spacial score (nSPS) is 12.3. The fourth-order valence-electron chi connectivity index (χ4n) is 2.74. The lowest BCUT2D eigenvalue weighted by atomic mass is 10.1. The first kappa shape index (κ1) is 19.2. The second-order valence-electron chi connectivity index (χ2n) is 6.65. The molecule has 0 saturated heterocycles. The molecule has 2 aromatic heterocycles. The largest absolute Gasteiger partial charge is 0.325 e. The molecule has 3 aromatic rings. The number of H-pyrrole nitrogens is 2. The maximum atomic E-state index is 11.6. The summed E-state index contributed by atoms with van der Waals surface area (Å²) in [6.07, 6.45) is 1.32. The van der Waals surface area contributed by atoms with Gasteiger partial charge < -0.3 is 4.98 Å². The number of aryl methyl sites for hydroxylation is 2. The lowest BCUT2D eigenvalue weighted by molar-refractivity contribution is 0.815. The van der Waals surface area contributed by atoms with E-state index in [1.165, 1.54) is 6.07 Å². The van der Waals surface area contributed by atoms with E-state index in [0.29, 0.717) is 23.2 Å². The number of rotatable bonds is 6. The van der Waals surface area contributed by atoms with E-state index in [1.54, 1.807) is 11.8 Å². The van der Waals surface area contributed by atoms with Crippen molar-refractivity contribution in [2.45, 2.75) is 50.9 Å². The van der Waals surface area contributed by atoms with Crippen LogP contribution in [0.3, 0.4) is 0 Å². The summed E-state index contributed by atoms with van der Waals surface area (Å²) in [7, 11) is 0. The van der Waals surface area contributed by atoms with Gasteiger partial charge in [0.2, 0.25) is 0 Å². The molecule has 2 heterocycles. The van der Waals surface area contributed by atoms with Gasteiger partial charge in [-0.15, -0.1) is 10.2 Å². The molecule has 0 spiro atoms. The highest BCUT2D eigenvalue weighted by Gasteiger charge is 2.18. The Morgan fingerprint density at radius 2 is 1.93 bits per heavy atom. The van der Waals surface area contributed by atoms with Crippen molar-refractivity contribution in [3.05, 3.63) is 67.7 Å². The molecule has 0 amide bonds. The summed E-state index contributed by atoms with van der Waals surface area (Å²) in [5.74, 6) is 0.677. The lowest BCUT2D eigenvalue weighted by Crippen LogP contribution is -2.23. The number of benzene rings is 1. The van der Waals surface area contributed by atoms with Gasteiger partial charge in [0, 0.05) is 23.4 Å². The van der Waals surface area contributed by atoms with Gasteiger partial charge in [0.1, 0.15) is 5.82 Å². The zero-order valence-corrected chi connectivity index (χ0v) is 16.7. The molecule has 3 rings (SSSR count).